The van der Waals surface area contributed by atoms with Crippen LogP contribution < -0.4 is 20.7 Å². The number of benzene rings is 2. The highest BCUT2D eigenvalue weighted by Crippen LogP contribution is 2.41. The molecule has 3 fully saturated rings. The summed E-state index contributed by atoms with van der Waals surface area (Å²) in [5, 5.41) is 6.85. The summed E-state index contributed by atoms with van der Waals surface area (Å²) < 4.78 is 57.6. The Bertz CT molecular complexity index is 1720. The zero-order valence-corrected chi connectivity index (χ0v) is 22.4. The number of anilines is 3. The van der Waals surface area contributed by atoms with E-state index in [0.717, 1.165) is 19.0 Å². The van der Waals surface area contributed by atoms with Crippen LogP contribution in [0.15, 0.2) is 62.5 Å². The number of nitrogens with zero attached hydrogens (tertiary/aromatic N) is 5. The number of fused-ring (bicyclic) bond motifs is 2. The third-order valence-electron chi connectivity index (χ3n) is 8.25. The van der Waals surface area contributed by atoms with E-state index < -0.39 is 39.8 Å². The van der Waals surface area contributed by atoms with Crippen LogP contribution in [0.1, 0.15) is 24.3 Å². The average molecular weight is 584 g/mol. The third-order valence-corrected chi connectivity index (χ3v) is 9.76. The molecule has 41 heavy (non-hydrogen) atoms. The van der Waals surface area contributed by atoms with Crippen molar-refractivity contribution in [3.05, 3.63) is 86.2 Å². The molecule has 4 aromatic rings. The van der Waals surface area contributed by atoms with Gasteiger partial charge in [-0.2, -0.15) is 8.78 Å². The molecular formula is C28H24F3N5O4S. The molecule has 212 valence electrons. The number of alkyl halides is 2. The monoisotopic (exact) mass is 583 g/mol. The number of para-hydroxylation sites is 1. The summed E-state index contributed by atoms with van der Waals surface area (Å²) in [5.41, 5.74) is 0.382. The summed E-state index contributed by atoms with van der Waals surface area (Å²) in [4.78, 5) is 32.1. The zero-order chi connectivity index (χ0) is 28.4. The maximum atomic E-state index is 15.4. The number of hydrogen-bond acceptors (Lipinski definition) is 9. The normalized spacial score (nSPS) is 24.0. The van der Waals surface area contributed by atoms with Gasteiger partial charge in [0.2, 0.25) is 5.89 Å². The second-order valence-electron chi connectivity index (χ2n) is 10.6. The summed E-state index contributed by atoms with van der Waals surface area (Å²) >= 11 is 0. The third kappa shape index (κ3) is 4.38. The number of piperazine rings is 1. The van der Waals surface area contributed by atoms with E-state index >= 15 is 4.39 Å². The molecule has 9 nitrogen and oxygen atoms in total. The van der Waals surface area contributed by atoms with E-state index in [2.05, 4.69) is 15.1 Å². The first-order valence-corrected chi connectivity index (χ1v) is 14.7. The van der Waals surface area contributed by atoms with E-state index in [1.54, 1.807) is 29.2 Å². The number of likely N-dealkylation sites (tertiary alicyclic amines) is 1. The Balaban J connectivity index is 1.19. The predicted molar refractivity (Wildman–Crippen MR) is 146 cm³/mol. The molecule has 0 N–H and O–H groups in total. The molecule has 4 heterocycles. The molecule has 7 rings (SSSR count). The van der Waals surface area contributed by atoms with Gasteiger partial charge in [0, 0.05) is 70.3 Å². The molecule has 3 aliphatic rings. The fourth-order valence-electron chi connectivity index (χ4n) is 6.20. The summed E-state index contributed by atoms with van der Waals surface area (Å²) in [6.45, 7) is 1.29. The van der Waals surface area contributed by atoms with Crippen molar-refractivity contribution in [1.29, 1.82) is 0 Å². The first-order valence-electron chi connectivity index (χ1n) is 13.2. The molecule has 0 amide bonds. The molecule has 0 aliphatic carbocycles. The summed E-state index contributed by atoms with van der Waals surface area (Å²) in [7, 11) is -0.749. The van der Waals surface area contributed by atoms with Gasteiger partial charge >= 0.3 is 6.43 Å². The Morgan fingerprint density at radius 3 is 2.41 bits per heavy atom. The van der Waals surface area contributed by atoms with E-state index in [9.17, 15) is 22.6 Å². The lowest BCUT2D eigenvalue weighted by molar-refractivity contribution is 0.116. The van der Waals surface area contributed by atoms with Crippen molar-refractivity contribution in [2.75, 3.05) is 34.4 Å². The van der Waals surface area contributed by atoms with Gasteiger partial charge in [-0.1, -0.05) is 24.3 Å². The zero-order valence-electron chi connectivity index (χ0n) is 21.6. The summed E-state index contributed by atoms with van der Waals surface area (Å²) in [5.74, 6) is -0.383. The molecule has 3 saturated heterocycles. The van der Waals surface area contributed by atoms with Crippen LogP contribution in [0, 0.1) is 5.82 Å². The minimum absolute atomic E-state index is 0.0535. The molecule has 0 saturated carbocycles. The maximum Gasteiger partial charge on any atom is 0.314 e. The van der Waals surface area contributed by atoms with Crippen LogP contribution in [0.2, 0.25) is 0 Å². The fourth-order valence-corrected chi connectivity index (χ4v) is 7.34. The van der Waals surface area contributed by atoms with Crippen LogP contribution in [0.25, 0.3) is 11.5 Å². The second-order valence-corrected chi connectivity index (χ2v) is 12.2. The summed E-state index contributed by atoms with van der Waals surface area (Å²) in [6, 6.07) is 13.6. The Morgan fingerprint density at radius 1 is 1.00 bits per heavy atom. The molecular weight excluding hydrogens is 559 g/mol. The van der Waals surface area contributed by atoms with Gasteiger partial charge < -0.3 is 14.2 Å². The molecule has 3 aromatic carbocycles. The van der Waals surface area contributed by atoms with Crippen molar-refractivity contribution in [3.63, 3.8) is 0 Å². The number of hydrogen-bond donors (Lipinski definition) is 0. The number of rotatable bonds is 8. The first kappa shape index (κ1) is 26.1. The molecule has 0 radical (unpaired) electrons. The van der Waals surface area contributed by atoms with Crippen LogP contribution in [-0.4, -0.2) is 62.0 Å². The second kappa shape index (κ2) is 9.91. The molecule has 2 bridgehead atoms. The Morgan fingerprint density at radius 2 is 1.78 bits per heavy atom. The quantitative estimate of drug-likeness (QED) is 0.290. The van der Waals surface area contributed by atoms with E-state index in [1.807, 2.05) is 11.0 Å². The molecule has 13 heteroatoms. The topological polar surface area (TPSA) is 99.8 Å². The van der Waals surface area contributed by atoms with E-state index in [-0.39, 0.29) is 41.3 Å². The van der Waals surface area contributed by atoms with Gasteiger partial charge in [0.15, 0.2) is 0 Å². The van der Waals surface area contributed by atoms with Crippen molar-refractivity contribution < 1.29 is 21.8 Å². The molecule has 2 unspecified atom stereocenters. The lowest BCUT2D eigenvalue weighted by Gasteiger charge is -2.43. The average Bonchev–Trinajstić information content (AvgIpc) is 3.70. The van der Waals surface area contributed by atoms with Gasteiger partial charge in [-0.05, 0) is 30.7 Å². The molecule has 0 spiro atoms. The molecule has 2 atom stereocenters. The van der Waals surface area contributed by atoms with Crippen molar-refractivity contribution in [1.82, 2.24) is 15.1 Å². The maximum absolute atomic E-state index is 15.4. The minimum Gasteiger partial charge on any atom is -0.415 e. The van der Waals surface area contributed by atoms with Crippen LogP contribution in [0.5, 0.6) is 0 Å². The Labute approximate surface area is 234 Å². The van der Waals surface area contributed by atoms with E-state index in [1.165, 1.54) is 12.1 Å². The Kier molecular flexibility index (Phi) is 6.31. The van der Waals surface area contributed by atoms with Crippen molar-refractivity contribution in [3.8, 4) is 11.5 Å². The largest absolute Gasteiger partial charge is 0.415 e. The van der Waals surface area contributed by atoms with E-state index in [0.29, 0.717) is 35.5 Å². The fraction of sp³-hybridized carbons (Fsp3) is 0.357. The van der Waals surface area contributed by atoms with Gasteiger partial charge in [-0.25, -0.2) is 4.39 Å². The standard InChI is InChI=1S/C28H24F3N5O4S/c29-21-8-15(27-32-33-28(40-27)26(30)31)6-7-16(21)10-35(17-4-2-1-3-5-17)22-23(25(38)24(22)37)36-12-18-9-19(36)11-34(18)20-13-41(39)14-20/h1-8,18-20,26H,9-14H2. The highest BCUT2D eigenvalue weighted by atomic mass is 32.2. The number of aromatic nitrogens is 2. The van der Waals surface area contributed by atoms with Crippen molar-refractivity contribution >= 4 is 27.9 Å². The Hall–Kier alpha value is -3.84. The van der Waals surface area contributed by atoms with Crippen molar-refractivity contribution in [2.45, 2.75) is 37.5 Å². The smallest absolute Gasteiger partial charge is 0.314 e. The molecule has 3 aliphatic heterocycles. The molecule has 1 aromatic heterocycles. The highest BCUT2D eigenvalue weighted by molar-refractivity contribution is 7.86. The van der Waals surface area contributed by atoms with Crippen LogP contribution in [0.4, 0.5) is 30.2 Å². The van der Waals surface area contributed by atoms with Crippen LogP contribution >= 0.6 is 0 Å². The minimum atomic E-state index is -2.94. The van der Waals surface area contributed by atoms with Gasteiger partial charge in [-0.3, -0.25) is 18.7 Å². The summed E-state index contributed by atoms with van der Waals surface area (Å²) in [6.07, 6.45) is -2.08. The predicted octanol–water partition coefficient (Wildman–Crippen LogP) is 3.14. The van der Waals surface area contributed by atoms with E-state index in [4.69, 9.17) is 4.42 Å². The van der Waals surface area contributed by atoms with Crippen molar-refractivity contribution in [2.24, 2.45) is 0 Å². The first-order chi connectivity index (χ1) is 19.8. The van der Waals surface area contributed by atoms with Crippen LogP contribution in [-0.2, 0) is 17.3 Å². The van der Waals surface area contributed by atoms with Gasteiger partial charge in [0.1, 0.15) is 17.2 Å². The van der Waals surface area contributed by atoms with Gasteiger partial charge in [-0.15, -0.1) is 10.2 Å². The lowest BCUT2D eigenvalue weighted by Crippen LogP contribution is -2.59. The van der Waals surface area contributed by atoms with Gasteiger partial charge in [0.05, 0.1) is 6.54 Å². The number of halogens is 3. The van der Waals surface area contributed by atoms with Gasteiger partial charge in [0.25, 0.3) is 16.7 Å². The SMILES string of the molecule is O=c1c(N(Cc2ccc(-c3nnc(C(F)F)o3)cc2F)c2ccccc2)c(N2CC3CC2CN3C2CS(=O)C2)c1=O. The highest BCUT2D eigenvalue weighted by Gasteiger charge is 2.50. The lowest BCUT2D eigenvalue weighted by atomic mass is 10.1. The van der Waals surface area contributed by atoms with Crippen LogP contribution in [0.3, 0.4) is 0 Å².